The van der Waals surface area contributed by atoms with Crippen molar-refractivity contribution in [3.8, 4) is 23.0 Å². The second-order valence-electron chi connectivity index (χ2n) is 4.84. The van der Waals surface area contributed by atoms with Crippen LogP contribution in [0.1, 0.15) is 0 Å². The third kappa shape index (κ3) is 4.15. The predicted molar refractivity (Wildman–Crippen MR) is 94.3 cm³/mol. The molecular formula is C14H13N5O6S2. The first-order valence-corrected chi connectivity index (χ1v) is 9.58. The summed E-state index contributed by atoms with van der Waals surface area (Å²) in [6.45, 7) is 0. The Bertz CT molecular complexity index is 1030. The highest BCUT2D eigenvalue weighted by Gasteiger charge is 2.25. The molecular weight excluding hydrogens is 398 g/mol. The minimum Gasteiger partial charge on any atom is -0.481 e. The number of hydrogen-bond donors (Lipinski definition) is 2. The van der Waals surface area contributed by atoms with Gasteiger partial charge in [-0.1, -0.05) is 5.16 Å². The number of methoxy groups -OCH3 is 2. The first-order valence-electron chi connectivity index (χ1n) is 7.22. The monoisotopic (exact) mass is 411 g/mol. The Hall–Kier alpha value is -3.19. The number of sulfonamides is 1. The molecule has 27 heavy (non-hydrogen) atoms. The van der Waals surface area contributed by atoms with Crippen LogP contribution < -0.4 is 19.5 Å². The lowest BCUT2D eigenvalue weighted by Crippen LogP contribution is -2.34. The van der Waals surface area contributed by atoms with E-state index < -0.39 is 16.1 Å². The van der Waals surface area contributed by atoms with Crippen molar-refractivity contribution in [2.75, 3.05) is 19.5 Å². The molecule has 142 valence electrons. The number of carbonyl (C=O) groups excluding carboxylic acids is 1. The molecule has 0 atom stereocenters. The summed E-state index contributed by atoms with van der Waals surface area (Å²) >= 11 is 0.932. The highest BCUT2D eigenvalue weighted by atomic mass is 32.2. The predicted octanol–water partition coefficient (Wildman–Crippen LogP) is 1.72. The zero-order valence-corrected chi connectivity index (χ0v) is 15.6. The number of nitrogens with zero attached hydrogens (tertiary/aromatic N) is 3. The second-order valence-corrected chi connectivity index (χ2v) is 7.64. The molecule has 2 amide bonds. The van der Waals surface area contributed by atoms with Gasteiger partial charge in [0.1, 0.15) is 16.2 Å². The Kier molecular flexibility index (Phi) is 5.23. The van der Waals surface area contributed by atoms with Gasteiger partial charge in [-0.05, 0) is 11.4 Å². The van der Waals surface area contributed by atoms with Crippen molar-refractivity contribution in [1.82, 2.24) is 19.8 Å². The summed E-state index contributed by atoms with van der Waals surface area (Å²) in [7, 11) is -1.42. The summed E-state index contributed by atoms with van der Waals surface area (Å²) in [6.07, 6.45) is 1.32. The molecule has 3 heterocycles. The number of amides is 2. The molecule has 0 aliphatic carbocycles. The van der Waals surface area contributed by atoms with Crippen LogP contribution >= 0.6 is 11.3 Å². The standard InChI is InChI=1S/C14H13N5O6S2/c1-23-10-7-11(24-2)16-13(15-10)17-14(20)19-27(21,22)12-8(4-6-26-12)9-3-5-25-18-9/h3-7H,1-2H3,(H2,15,16,17,19,20). The van der Waals surface area contributed by atoms with Gasteiger partial charge in [-0.25, -0.2) is 17.9 Å². The summed E-state index contributed by atoms with van der Waals surface area (Å²) in [5, 5.41) is 7.49. The van der Waals surface area contributed by atoms with Gasteiger partial charge in [-0.3, -0.25) is 5.32 Å². The van der Waals surface area contributed by atoms with Crippen LogP contribution in [0.5, 0.6) is 11.8 Å². The van der Waals surface area contributed by atoms with Crippen molar-refractivity contribution in [2.45, 2.75) is 4.21 Å². The molecule has 0 aliphatic heterocycles. The third-order valence-electron chi connectivity index (χ3n) is 3.14. The maximum Gasteiger partial charge on any atom is 0.335 e. The van der Waals surface area contributed by atoms with E-state index in [1.165, 1.54) is 32.6 Å². The molecule has 0 radical (unpaired) electrons. The van der Waals surface area contributed by atoms with Crippen molar-refractivity contribution in [3.05, 3.63) is 29.8 Å². The molecule has 3 aromatic heterocycles. The normalized spacial score (nSPS) is 11.0. The van der Waals surface area contributed by atoms with Crippen LogP contribution in [-0.2, 0) is 10.0 Å². The number of rotatable bonds is 6. The second kappa shape index (κ2) is 7.59. The summed E-state index contributed by atoms with van der Waals surface area (Å²) in [4.78, 5) is 19.9. The number of aromatic nitrogens is 3. The van der Waals surface area contributed by atoms with E-state index in [-0.39, 0.29) is 21.9 Å². The van der Waals surface area contributed by atoms with Crippen molar-refractivity contribution < 1.29 is 27.2 Å². The fourth-order valence-electron chi connectivity index (χ4n) is 2.01. The van der Waals surface area contributed by atoms with Gasteiger partial charge in [0.25, 0.3) is 10.0 Å². The molecule has 0 saturated heterocycles. The molecule has 0 saturated carbocycles. The van der Waals surface area contributed by atoms with Crippen LogP contribution in [0.25, 0.3) is 11.3 Å². The number of nitrogens with one attached hydrogen (secondary N) is 2. The van der Waals surface area contributed by atoms with Gasteiger partial charge >= 0.3 is 6.03 Å². The quantitative estimate of drug-likeness (QED) is 0.619. The molecule has 0 unspecified atom stereocenters. The highest BCUT2D eigenvalue weighted by molar-refractivity contribution is 7.92. The van der Waals surface area contributed by atoms with Gasteiger partial charge in [0.05, 0.1) is 20.3 Å². The van der Waals surface area contributed by atoms with E-state index in [1.807, 2.05) is 4.72 Å². The van der Waals surface area contributed by atoms with Gasteiger partial charge < -0.3 is 14.0 Å². The van der Waals surface area contributed by atoms with E-state index in [1.54, 1.807) is 11.4 Å². The van der Waals surface area contributed by atoms with E-state index in [4.69, 9.17) is 14.0 Å². The summed E-state index contributed by atoms with van der Waals surface area (Å²) < 4.78 is 41.6. The Labute approximate surface area is 157 Å². The molecule has 0 spiro atoms. The molecule has 3 aromatic rings. The van der Waals surface area contributed by atoms with E-state index in [0.717, 1.165) is 11.3 Å². The van der Waals surface area contributed by atoms with Gasteiger partial charge in [-0.15, -0.1) is 11.3 Å². The topological polar surface area (TPSA) is 146 Å². The smallest absolute Gasteiger partial charge is 0.335 e. The lowest BCUT2D eigenvalue weighted by Gasteiger charge is -2.09. The zero-order chi connectivity index (χ0) is 19.4. The van der Waals surface area contributed by atoms with Gasteiger partial charge in [0, 0.05) is 11.6 Å². The van der Waals surface area contributed by atoms with E-state index >= 15 is 0 Å². The molecule has 0 aliphatic rings. The van der Waals surface area contributed by atoms with Gasteiger partial charge in [0.2, 0.25) is 17.7 Å². The minimum absolute atomic E-state index is 0.0873. The summed E-state index contributed by atoms with van der Waals surface area (Å²) in [6, 6.07) is 3.42. The van der Waals surface area contributed by atoms with Crippen LogP contribution in [0, 0.1) is 0 Å². The van der Waals surface area contributed by atoms with Crippen LogP contribution in [0.3, 0.4) is 0 Å². The Morgan fingerprint density at radius 1 is 1.19 bits per heavy atom. The number of hydrogen-bond acceptors (Lipinski definition) is 10. The van der Waals surface area contributed by atoms with Crippen molar-refractivity contribution in [2.24, 2.45) is 0 Å². The first kappa shape index (κ1) is 18.6. The van der Waals surface area contributed by atoms with Gasteiger partial charge in [-0.2, -0.15) is 9.97 Å². The van der Waals surface area contributed by atoms with Crippen LogP contribution in [0.2, 0.25) is 0 Å². The van der Waals surface area contributed by atoms with Crippen molar-refractivity contribution >= 4 is 33.3 Å². The molecule has 11 nitrogen and oxygen atoms in total. The molecule has 0 fully saturated rings. The fourth-order valence-corrected chi connectivity index (χ4v) is 4.28. The summed E-state index contributed by atoms with van der Waals surface area (Å²) in [5.74, 6) is 0.0694. The molecule has 13 heteroatoms. The fraction of sp³-hybridized carbons (Fsp3) is 0.143. The molecule has 3 rings (SSSR count). The Morgan fingerprint density at radius 2 is 1.89 bits per heavy atom. The lowest BCUT2D eigenvalue weighted by molar-refractivity contribution is 0.256. The maximum absolute atomic E-state index is 12.5. The Morgan fingerprint density at radius 3 is 2.48 bits per heavy atom. The third-order valence-corrected chi connectivity index (χ3v) is 5.95. The summed E-state index contributed by atoms with van der Waals surface area (Å²) in [5.41, 5.74) is 0.645. The first-order chi connectivity index (χ1) is 12.9. The number of carbonyl (C=O) groups is 1. The van der Waals surface area contributed by atoms with Crippen molar-refractivity contribution in [3.63, 3.8) is 0 Å². The van der Waals surface area contributed by atoms with E-state index in [2.05, 4.69) is 20.4 Å². The average molecular weight is 411 g/mol. The van der Waals surface area contributed by atoms with Gasteiger partial charge in [0.15, 0.2) is 0 Å². The molecule has 0 bridgehead atoms. The maximum atomic E-state index is 12.5. The minimum atomic E-state index is -4.17. The lowest BCUT2D eigenvalue weighted by atomic mass is 10.2. The number of thiophene rings is 1. The largest absolute Gasteiger partial charge is 0.481 e. The van der Waals surface area contributed by atoms with Crippen LogP contribution in [0.15, 0.2) is 38.6 Å². The number of urea groups is 1. The van der Waals surface area contributed by atoms with E-state index in [0.29, 0.717) is 11.3 Å². The van der Waals surface area contributed by atoms with Crippen LogP contribution in [-0.4, -0.2) is 43.8 Å². The average Bonchev–Trinajstić information content (AvgIpc) is 3.31. The zero-order valence-electron chi connectivity index (χ0n) is 14.0. The number of anilines is 1. The molecule has 0 aromatic carbocycles. The highest BCUT2D eigenvalue weighted by Crippen LogP contribution is 2.31. The van der Waals surface area contributed by atoms with E-state index in [9.17, 15) is 13.2 Å². The van der Waals surface area contributed by atoms with Crippen LogP contribution in [0.4, 0.5) is 10.7 Å². The number of ether oxygens (including phenoxy) is 2. The molecule has 2 N–H and O–H groups in total. The van der Waals surface area contributed by atoms with Crippen molar-refractivity contribution in [1.29, 1.82) is 0 Å². The Balaban J connectivity index is 1.79. The SMILES string of the molecule is COc1cc(OC)nc(NC(=O)NS(=O)(=O)c2sccc2-c2ccon2)n1.